The number of rotatable bonds is 9. The molecule has 1 nitrogen and oxygen atoms in total. The normalized spacial score (nSPS) is 13.1. The fourth-order valence-electron chi connectivity index (χ4n) is 2.42. The van der Waals surface area contributed by atoms with Crippen LogP contribution in [0.3, 0.4) is 0 Å². The largest absolute Gasteiger partial charge is 0.374 e. The van der Waals surface area contributed by atoms with Gasteiger partial charge in [0, 0.05) is 0 Å². The molecular formula is C15H32O. The molecule has 0 aliphatic heterocycles. The van der Waals surface area contributed by atoms with E-state index in [1.165, 1.54) is 19.3 Å². The van der Waals surface area contributed by atoms with Gasteiger partial charge in [-0.1, -0.05) is 41.5 Å². The summed E-state index contributed by atoms with van der Waals surface area (Å²) in [4.78, 5) is 0. The van der Waals surface area contributed by atoms with Crippen molar-refractivity contribution in [2.45, 2.75) is 85.7 Å². The maximum absolute atomic E-state index is 6.32. The first-order valence-corrected chi connectivity index (χ1v) is 7.21. The van der Waals surface area contributed by atoms with Crippen molar-refractivity contribution >= 4 is 0 Å². The molecule has 16 heavy (non-hydrogen) atoms. The molecule has 98 valence electrons. The first-order chi connectivity index (χ1) is 7.57. The molecule has 0 N–H and O–H groups in total. The third kappa shape index (κ3) is 3.76. The van der Waals surface area contributed by atoms with Crippen LogP contribution in [-0.2, 0) is 4.74 Å². The van der Waals surface area contributed by atoms with Gasteiger partial charge >= 0.3 is 0 Å². The Hall–Kier alpha value is -0.0400. The Balaban J connectivity index is 4.48. The number of hydrogen-bond donors (Lipinski definition) is 0. The second kappa shape index (κ2) is 7.32. The first kappa shape index (κ1) is 16.0. The van der Waals surface area contributed by atoms with E-state index in [0.29, 0.717) is 5.41 Å². The molecule has 1 heteroatoms. The fourth-order valence-corrected chi connectivity index (χ4v) is 2.42. The fraction of sp³-hybridized carbons (Fsp3) is 1.00. The smallest absolute Gasteiger partial charge is 0.0675 e. The summed E-state index contributed by atoms with van der Waals surface area (Å²) in [7, 11) is 0. The van der Waals surface area contributed by atoms with E-state index in [9.17, 15) is 0 Å². The molecule has 0 radical (unpaired) electrons. The zero-order chi connectivity index (χ0) is 12.7. The average Bonchev–Trinajstić information content (AvgIpc) is 2.37. The maximum atomic E-state index is 6.32. The van der Waals surface area contributed by atoms with Gasteiger partial charge in [0.1, 0.15) is 0 Å². The van der Waals surface area contributed by atoms with Crippen LogP contribution in [0.4, 0.5) is 0 Å². The summed E-state index contributed by atoms with van der Waals surface area (Å²) in [5, 5.41) is 0. The lowest BCUT2D eigenvalue weighted by molar-refractivity contribution is -0.0944. The third-order valence-corrected chi connectivity index (χ3v) is 4.87. The van der Waals surface area contributed by atoms with E-state index in [4.69, 9.17) is 4.74 Å². The molecule has 0 aromatic rings. The van der Waals surface area contributed by atoms with Crippen LogP contribution in [0, 0.1) is 5.41 Å². The lowest BCUT2D eigenvalue weighted by Gasteiger charge is -2.37. The highest BCUT2D eigenvalue weighted by Crippen LogP contribution is 2.34. The Morgan fingerprint density at radius 2 is 1.00 bits per heavy atom. The molecule has 0 aromatic heterocycles. The molecule has 0 rings (SSSR count). The van der Waals surface area contributed by atoms with Gasteiger partial charge in [0.05, 0.1) is 12.2 Å². The Bertz CT molecular complexity index is 130. The van der Waals surface area contributed by atoms with Gasteiger partial charge in [-0.25, -0.2) is 0 Å². The van der Waals surface area contributed by atoms with Gasteiger partial charge in [-0.15, -0.1) is 0 Å². The van der Waals surface area contributed by atoms with Crippen molar-refractivity contribution in [1.29, 1.82) is 0 Å². The molecule has 0 spiro atoms. The Morgan fingerprint density at radius 3 is 1.25 bits per heavy atom. The van der Waals surface area contributed by atoms with Gasteiger partial charge < -0.3 is 4.74 Å². The van der Waals surface area contributed by atoms with Crippen molar-refractivity contribution in [3.05, 3.63) is 0 Å². The first-order valence-electron chi connectivity index (χ1n) is 7.21. The van der Waals surface area contributed by atoms with Crippen LogP contribution < -0.4 is 0 Å². The summed E-state index contributed by atoms with van der Waals surface area (Å²) < 4.78 is 6.32. The Morgan fingerprint density at radius 1 is 0.625 bits per heavy atom. The third-order valence-electron chi connectivity index (χ3n) is 4.87. The van der Waals surface area contributed by atoms with Crippen molar-refractivity contribution in [3.8, 4) is 0 Å². The van der Waals surface area contributed by atoms with Crippen LogP contribution in [0.5, 0.6) is 0 Å². The quantitative estimate of drug-likeness (QED) is 0.528. The van der Waals surface area contributed by atoms with E-state index >= 15 is 0 Å². The highest BCUT2D eigenvalue weighted by atomic mass is 16.5. The summed E-state index contributed by atoms with van der Waals surface area (Å²) in [6, 6.07) is 0. The lowest BCUT2D eigenvalue weighted by Crippen LogP contribution is -2.36. The molecule has 0 aliphatic carbocycles. The minimum atomic E-state index is 0.130. The molecule has 0 unspecified atom stereocenters. The summed E-state index contributed by atoms with van der Waals surface area (Å²) >= 11 is 0. The zero-order valence-electron chi connectivity index (χ0n) is 12.4. The van der Waals surface area contributed by atoms with Crippen LogP contribution >= 0.6 is 0 Å². The molecule has 0 aromatic carbocycles. The maximum Gasteiger partial charge on any atom is 0.0675 e. The molecule has 0 aliphatic rings. The van der Waals surface area contributed by atoms with Gasteiger partial charge in [0.15, 0.2) is 0 Å². The van der Waals surface area contributed by atoms with E-state index in [0.717, 1.165) is 25.9 Å². The van der Waals surface area contributed by atoms with Crippen LogP contribution in [-0.4, -0.2) is 12.2 Å². The molecule has 0 saturated heterocycles. The molecule has 0 bridgehead atoms. The van der Waals surface area contributed by atoms with Gasteiger partial charge in [-0.2, -0.15) is 0 Å². The van der Waals surface area contributed by atoms with Crippen molar-refractivity contribution in [2.24, 2.45) is 5.41 Å². The van der Waals surface area contributed by atoms with Crippen molar-refractivity contribution in [3.63, 3.8) is 0 Å². The molecule has 0 amide bonds. The second-order valence-electron chi connectivity index (χ2n) is 5.09. The predicted octanol–water partition coefficient (Wildman–Crippen LogP) is 5.19. The average molecular weight is 228 g/mol. The standard InChI is InChI=1S/C15H32O/c1-7-14(8-2,9-3)13-16-15(10-4,11-5)12-6/h7-13H2,1-6H3. The van der Waals surface area contributed by atoms with Crippen molar-refractivity contribution in [2.75, 3.05) is 6.61 Å². The van der Waals surface area contributed by atoms with Gasteiger partial charge in [0.25, 0.3) is 0 Å². The topological polar surface area (TPSA) is 9.23 Å². The summed E-state index contributed by atoms with van der Waals surface area (Å²) in [6.45, 7) is 14.6. The number of hydrogen-bond acceptors (Lipinski definition) is 1. The van der Waals surface area contributed by atoms with Gasteiger partial charge in [-0.05, 0) is 43.9 Å². The summed E-state index contributed by atoms with van der Waals surface area (Å²) in [5.74, 6) is 0. The zero-order valence-corrected chi connectivity index (χ0v) is 12.4. The molecule has 0 heterocycles. The van der Waals surface area contributed by atoms with Crippen LogP contribution in [0.2, 0.25) is 0 Å². The van der Waals surface area contributed by atoms with E-state index in [1.807, 2.05) is 0 Å². The molecule has 0 saturated carbocycles. The lowest BCUT2D eigenvalue weighted by atomic mass is 9.80. The predicted molar refractivity (Wildman–Crippen MR) is 72.9 cm³/mol. The monoisotopic (exact) mass is 228 g/mol. The molecular weight excluding hydrogens is 196 g/mol. The van der Waals surface area contributed by atoms with E-state index in [-0.39, 0.29) is 5.60 Å². The minimum absolute atomic E-state index is 0.130. The highest BCUT2D eigenvalue weighted by molar-refractivity contribution is 4.80. The summed E-state index contributed by atoms with van der Waals surface area (Å²) in [6.07, 6.45) is 7.08. The highest BCUT2D eigenvalue weighted by Gasteiger charge is 2.30. The van der Waals surface area contributed by atoms with Crippen molar-refractivity contribution in [1.82, 2.24) is 0 Å². The van der Waals surface area contributed by atoms with E-state index in [1.54, 1.807) is 0 Å². The summed E-state index contributed by atoms with van der Waals surface area (Å²) in [5.41, 5.74) is 0.537. The number of ether oxygens (including phenoxy) is 1. The Labute approximate surface area is 103 Å². The van der Waals surface area contributed by atoms with Crippen molar-refractivity contribution < 1.29 is 4.74 Å². The van der Waals surface area contributed by atoms with Crippen LogP contribution in [0.1, 0.15) is 80.1 Å². The van der Waals surface area contributed by atoms with Crippen LogP contribution in [0.15, 0.2) is 0 Å². The van der Waals surface area contributed by atoms with E-state index < -0.39 is 0 Å². The van der Waals surface area contributed by atoms with E-state index in [2.05, 4.69) is 41.5 Å². The minimum Gasteiger partial charge on any atom is -0.374 e. The second-order valence-corrected chi connectivity index (χ2v) is 5.09. The molecule has 0 fully saturated rings. The van der Waals surface area contributed by atoms with Crippen LogP contribution in [0.25, 0.3) is 0 Å². The molecule has 0 atom stereocenters. The SMILES string of the molecule is CCC(CC)(CC)COC(CC)(CC)CC. The van der Waals surface area contributed by atoms with Gasteiger partial charge in [0.2, 0.25) is 0 Å². The Kier molecular flexibility index (Phi) is 7.30. The van der Waals surface area contributed by atoms with Gasteiger partial charge in [-0.3, -0.25) is 0 Å².